The molecule has 0 bridgehead atoms. The molecule has 2 nitrogen and oxygen atoms in total. The van der Waals surface area contributed by atoms with Gasteiger partial charge in [-0.15, -0.1) is 11.3 Å². The maximum absolute atomic E-state index is 5.45. The second-order valence-corrected chi connectivity index (χ2v) is 5.21. The van der Waals surface area contributed by atoms with Gasteiger partial charge >= 0.3 is 0 Å². The van der Waals surface area contributed by atoms with E-state index in [0.29, 0.717) is 6.04 Å². The topological polar surface area (TPSA) is 38.0 Å². The van der Waals surface area contributed by atoms with E-state index in [0.717, 1.165) is 0 Å². The Morgan fingerprint density at radius 3 is 2.93 bits per heavy atom. The summed E-state index contributed by atoms with van der Waals surface area (Å²) >= 11 is 1.94. The van der Waals surface area contributed by atoms with Crippen molar-refractivity contribution >= 4 is 11.3 Å². The molecule has 1 unspecified atom stereocenters. The van der Waals surface area contributed by atoms with Crippen LogP contribution in [0.5, 0.6) is 0 Å². The predicted octanol–water partition coefficient (Wildman–Crippen LogP) is 2.54. The fourth-order valence-electron chi connectivity index (χ4n) is 1.99. The van der Waals surface area contributed by atoms with E-state index in [4.69, 9.17) is 5.84 Å². The Balaban J connectivity index is 2.22. The average Bonchev–Trinajstić information content (AvgIpc) is 2.49. The highest BCUT2D eigenvalue weighted by Crippen LogP contribution is 2.31. The number of nitrogens with two attached hydrogens (primary N) is 1. The van der Waals surface area contributed by atoms with E-state index in [1.807, 2.05) is 11.3 Å². The van der Waals surface area contributed by atoms with Crippen LogP contribution >= 0.6 is 11.3 Å². The van der Waals surface area contributed by atoms with Gasteiger partial charge in [0.25, 0.3) is 0 Å². The van der Waals surface area contributed by atoms with E-state index in [1.54, 1.807) is 10.4 Å². The maximum Gasteiger partial charge on any atom is 0.0525 e. The maximum atomic E-state index is 5.45. The molecular formula is C11H18N2S. The number of rotatable bonds is 2. The molecule has 14 heavy (non-hydrogen) atoms. The highest BCUT2D eigenvalue weighted by Gasteiger charge is 2.14. The monoisotopic (exact) mass is 210 g/mol. The normalized spacial score (nSPS) is 18.7. The summed E-state index contributed by atoms with van der Waals surface area (Å²) < 4.78 is 0. The molecule has 0 amide bonds. The van der Waals surface area contributed by atoms with Gasteiger partial charge < -0.3 is 0 Å². The Hall–Kier alpha value is -0.380. The second kappa shape index (κ2) is 4.43. The molecule has 0 aromatic carbocycles. The number of aryl methyl sites for hydroxylation is 2. The van der Waals surface area contributed by atoms with Crippen molar-refractivity contribution in [1.82, 2.24) is 5.43 Å². The van der Waals surface area contributed by atoms with Crippen molar-refractivity contribution in [3.05, 3.63) is 21.4 Å². The van der Waals surface area contributed by atoms with Gasteiger partial charge in [0.1, 0.15) is 0 Å². The van der Waals surface area contributed by atoms with Gasteiger partial charge in [-0.25, -0.2) is 0 Å². The molecule has 0 spiro atoms. The number of fused-ring (bicyclic) bond motifs is 1. The van der Waals surface area contributed by atoms with E-state index < -0.39 is 0 Å². The van der Waals surface area contributed by atoms with Gasteiger partial charge in [-0.1, -0.05) is 6.42 Å². The summed E-state index contributed by atoms with van der Waals surface area (Å²) in [5.74, 6) is 5.45. The molecule has 3 N–H and O–H groups in total. The second-order valence-electron chi connectivity index (χ2n) is 4.05. The summed E-state index contributed by atoms with van der Waals surface area (Å²) in [4.78, 5) is 2.99. The van der Waals surface area contributed by atoms with Gasteiger partial charge in [0.2, 0.25) is 0 Å². The third-order valence-corrected chi connectivity index (χ3v) is 4.36. The molecule has 78 valence electrons. The average molecular weight is 210 g/mol. The van der Waals surface area contributed by atoms with Crippen molar-refractivity contribution in [2.24, 2.45) is 5.84 Å². The minimum Gasteiger partial charge on any atom is -0.271 e. The van der Waals surface area contributed by atoms with Gasteiger partial charge in [0, 0.05) is 9.75 Å². The van der Waals surface area contributed by atoms with Crippen LogP contribution < -0.4 is 11.3 Å². The number of nitrogens with one attached hydrogen (secondary N) is 1. The van der Waals surface area contributed by atoms with Crippen LogP contribution in [-0.2, 0) is 12.8 Å². The zero-order valence-corrected chi connectivity index (χ0v) is 9.49. The van der Waals surface area contributed by atoms with E-state index in [-0.39, 0.29) is 0 Å². The van der Waals surface area contributed by atoms with Crippen molar-refractivity contribution in [1.29, 1.82) is 0 Å². The summed E-state index contributed by atoms with van der Waals surface area (Å²) in [5.41, 5.74) is 4.39. The van der Waals surface area contributed by atoms with Crippen LogP contribution in [0.4, 0.5) is 0 Å². The highest BCUT2D eigenvalue weighted by atomic mass is 32.1. The van der Waals surface area contributed by atoms with Crippen molar-refractivity contribution in [2.45, 2.75) is 45.1 Å². The molecule has 0 radical (unpaired) electrons. The summed E-state index contributed by atoms with van der Waals surface area (Å²) in [6.07, 6.45) is 6.65. The lowest BCUT2D eigenvalue weighted by atomic mass is 10.1. The highest BCUT2D eigenvalue weighted by molar-refractivity contribution is 7.12. The van der Waals surface area contributed by atoms with Gasteiger partial charge in [-0.05, 0) is 44.2 Å². The molecule has 1 aliphatic rings. The van der Waals surface area contributed by atoms with E-state index in [1.165, 1.54) is 37.0 Å². The van der Waals surface area contributed by atoms with Crippen LogP contribution in [0.15, 0.2) is 6.07 Å². The molecule has 1 heterocycles. The first-order valence-electron chi connectivity index (χ1n) is 5.39. The molecule has 1 aromatic heterocycles. The molecule has 2 rings (SSSR count). The molecule has 0 fully saturated rings. The van der Waals surface area contributed by atoms with Crippen molar-refractivity contribution in [3.63, 3.8) is 0 Å². The van der Waals surface area contributed by atoms with Gasteiger partial charge in [0.05, 0.1) is 6.04 Å². The number of hydrazine groups is 1. The van der Waals surface area contributed by atoms with Crippen LogP contribution in [0, 0.1) is 0 Å². The lowest BCUT2D eigenvalue weighted by Gasteiger charge is -2.05. The first-order chi connectivity index (χ1) is 6.81. The van der Waals surface area contributed by atoms with Crippen LogP contribution in [0.2, 0.25) is 0 Å². The molecule has 0 saturated heterocycles. The lowest BCUT2D eigenvalue weighted by Crippen LogP contribution is -2.24. The molecule has 1 aliphatic carbocycles. The third-order valence-electron chi connectivity index (χ3n) is 2.94. The SMILES string of the molecule is CC(NN)c1cc2c(s1)CCCCC2. The molecule has 3 heteroatoms. The minimum absolute atomic E-state index is 0.298. The largest absolute Gasteiger partial charge is 0.271 e. The number of hydrogen-bond donors (Lipinski definition) is 2. The Morgan fingerprint density at radius 1 is 1.36 bits per heavy atom. The Kier molecular flexibility index (Phi) is 3.21. The first-order valence-corrected chi connectivity index (χ1v) is 6.20. The molecule has 1 atom stereocenters. The minimum atomic E-state index is 0.298. The molecule has 0 aliphatic heterocycles. The fraction of sp³-hybridized carbons (Fsp3) is 0.636. The zero-order valence-electron chi connectivity index (χ0n) is 8.68. The summed E-state index contributed by atoms with van der Waals surface area (Å²) in [6.45, 7) is 2.12. The molecule has 0 saturated carbocycles. The molecular weight excluding hydrogens is 192 g/mol. The zero-order chi connectivity index (χ0) is 9.97. The van der Waals surface area contributed by atoms with Crippen molar-refractivity contribution in [3.8, 4) is 0 Å². The predicted molar refractivity (Wildman–Crippen MR) is 61.3 cm³/mol. The lowest BCUT2D eigenvalue weighted by molar-refractivity contribution is 0.611. The fourth-order valence-corrected chi connectivity index (χ4v) is 3.25. The van der Waals surface area contributed by atoms with Crippen LogP contribution in [0.1, 0.15) is 47.5 Å². The summed E-state index contributed by atoms with van der Waals surface area (Å²) in [5, 5.41) is 0. The third kappa shape index (κ3) is 2.00. The van der Waals surface area contributed by atoms with Crippen molar-refractivity contribution in [2.75, 3.05) is 0 Å². The van der Waals surface area contributed by atoms with Crippen molar-refractivity contribution < 1.29 is 0 Å². The van der Waals surface area contributed by atoms with Gasteiger partial charge in [-0.2, -0.15) is 0 Å². The Bertz CT molecular complexity index is 283. The van der Waals surface area contributed by atoms with Gasteiger partial charge in [0.15, 0.2) is 0 Å². The van der Waals surface area contributed by atoms with Crippen LogP contribution in [-0.4, -0.2) is 0 Å². The van der Waals surface area contributed by atoms with E-state index in [9.17, 15) is 0 Å². The number of thiophene rings is 1. The Labute approximate surface area is 89.5 Å². The van der Waals surface area contributed by atoms with Crippen LogP contribution in [0.25, 0.3) is 0 Å². The van der Waals surface area contributed by atoms with E-state index >= 15 is 0 Å². The Morgan fingerprint density at radius 2 is 2.14 bits per heavy atom. The van der Waals surface area contributed by atoms with Gasteiger partial charge in [-0.3, -0.25) is 11.3 Å². The summed E-state index contributed by atoms with van der Waals surface area (Å²) in [7, 11) is 0. The van der Waals surface area contributed by atoms with Crippen LogP contribution in [0.3, 0.4) is 0 Å². The first kappa shape index (κ1) is 10.1. The smallest absolute Gasteiger partial charge is 0.0525 e. The molecule has 1 aromatic rings. The quantitative estimate of drug-likeness (QED) is 0.447. The standard InChI is InChI=1S/C11H18N2S/c1-8(13-12)11-7-9-5-3-2-4-6-10(9)14-11/h7-8,13H,2-6,12H2,1H3. The summed E-state index contributed by atoms with van der Waals surface area (Å²) in [6, 6.07) is 2.64. The van der Waals surface area contributed by atoms with E-state index in [2.05, 4.69) is 18.4 Å². The number of hydrogen-bond acceptors (Lipinski definition) is 3.